The van der Waals surface area contributed by atoms with Gasteiger partial charge in [-0.05, 0) is 12.8 Å². The normalized spacial score (nSPS) is 10.3. The van der Waals surface area contributed by atoms with E-state index in [1.165, 1.54) is 24.9 Å². The highest BCUT2D eigenvalue weighted by molar-refractivity contribution is 7.99. The summed E-state index contributed by atoms with van der Waals surface area (Å²) in [6.45, 7) is 2.42. The summed E-state index contributed by atoms with van der Waals surface area (Å²) in [6, 6.07) is 1.47. The van der Waals surface area contributed by atoms with E-state index in [1.54, 1.807) is 0 Å². The molecule has 2 N–H and O–H groups in total. The Morgan fingerprint density at radius 2 is 2.23 bits per heavy atom. The molecule has 0 saturated heterocycles. The van der Waals surface area contributed by atoms with Gasteiger partial charge in [0, 0.05) is 24.7 Å². The first kappa shape index (κ1) is 18.2. The predicted molar refractivity (Wildman–Crippen MR) is 83.8 cm³/mol. The smallest absolute Gasteiger partial charge is 0.305 e. The van der Waals surface area contributed by atoms with E-state index in [2.05, 4.69) is 20.0 Å². The lowest BCUT2D eigenvalue weighted by molar-refractivity contribution is -0.140. The van der Waals surface area contributed by atoms with E-state index in [1.807, 2.05) is 6.92 Å². The number of aromatic amines is 1. The first-order chi connectivity index (χ1) is 10.5. The standard InChI is InChI=1S/C14H21N3O4S/c1-3-5-10-8-11(18)17-14(16-10)22-9-12(19)15-7-4-6-13(20)21-2/h8H,3-7,9H2,1-2H3,(H,15,19)(H,16,17,18). The lowest BCUT2D eigenvalue weighted by atomic mass is 10.2. The fraction of sp³-hybridized carbons (Fsp3) is 0.571. The molecule has 0 unspecified atom stereocenters. The molecule has 7 nitrogen and oxygen atoms in total. The molecule has 1 amide bonds. The van der Waals surface area contributed by atoms with E-state index in [0.717, 1.165) is 18.5 Å². The highest BCUT2D eigenvalue weighted by Crippen LogP contribution is 2.11. The van der Waals surface area contributed by atoms with Crippen molar-refractivity contribution in [1.29, 1.82) is 0 Å². The molecule has 0 aliphatic carbocycles. The van der Waals surface area contributed by atoms with Crippen LogP contribution in [0, 0.1) is 0 Å². The van der Waals surface area contributed by atoms with Crippen molar-refractivity contribution in [3.05, 3.63) is 22.1 Å². The number of nitrogens with zero attached hydrogens (tertiary/aromatic N) is 1. The van der Waals surface area contributed by atoms with Crippen LogP contribution in [0.25, 0.3) is 0 Å². The minimum absolute atomic E-state index is 0.163. The molecule has 0 saturated carbocycles. The topological polar surface area (TPSA) is 101 Å². The molecule has 0 aliphatic rings. The number of thioether (sulfide) groups is 1. The van der Waals surface area contributed by atoms with Gasteiger partial charge in [-0.15, -0.1) is 0 Å². The van der Waals surface area contributed by atoms with Gasteiger partial charge in [-0.3, -0.25) is 14.4 Å². The van der Waals surface area contributed by atoms with Crippen molar-refractivity contribution < 1.29 is 14.3 Å². The van der Waals surface area contributed by atoms with Crippen molar-refractivity contribution in [1.82, 2.24) is 15.3 Å². The molecule has 0 atom stereocenters. The molecule has 0 spiro atoms. The Kier molecular flexibility index (Phi) is 8.27. The number of hydrogen-bond donors (Lipinski definition) is 2. The average molecular weight is 327 g/mol. The predicted octanol–water partition coefficient (Wildman–Crippen LogP) is 0.884. The summed E-state index contributed by atoms with van der Waals surface area (Å²) in [4.78, 5) is 40.9. The van der Waals surface area contributed by atoms with Crippen molar-refractivity contribution in [3.63, 3.8) is 0 Å². The molecule has 1 heterocycles. The highest BCUT2D eigenvalue weighted by atomic mass is 32.2. The van der Waals surface area contributed by atoms with E-state index < -0.39 is 0 Å². The number of esters is 1. The van der Waals surface area contributed by atoms with Crippen LogP contribution in [0.15, 0.2) is 16.0 Å². The number of aryl methyl sites for hydroxylation is 1. The second-order valence-corrected chi connectivity index (χ2v) is 5.57. The quantitative estimate of drug-likeness (QED) is 0.302. The van der Waals surface area contributed by atoms with Crippen LogP contribution in [-0.4, -0.2) is 41.3 Å². The molecule has 1 rings (SSSR count). The van der Waals surface area contributed by atoms with Crippen LogP contribution in [0.4, 0.5) is 0 Å². The Morgan fingerprint density at radius 1 is 1.45 bits per heavy atom. The molecule has 0 radical (unpaired) electrons. The summed E-state index contributed by atoms with van der Waals surface area (Å²) in [6.07, 6.45) is 2.44. The fourth-order valence-corrected chi connectivity index (χ4v) is 2.41. The van der Waals surface area contributed by atoms with Crippen LogP contribution in [0.3, 0.4) is 0 Å². The van der Waals surface area contributed by atoms with Crippen LogP contribution >= 0.6 is 11.8 Å². The number of rotatable bonds is 9. The molecule has 122 valence electrons. The Labute approximate surface area is 133 Å². The average Bonchev–Trinajstić information content (AvgIpc) is 2.49. The van der Waals surface area contributed by atoms with E-state index >= 15 is 0 Å². The number of carbonyl (C=O) groups excluding carboxylic acids is 2. The molecule has 1 aromatic rings. The summed E-state index contributed by atoms with van der Waals surface area (Å²) in [7, 11) is 1.33. The molecule has 0 bridgehead atoms. The molecule has 0 aliphatic heterocycles. The number of methoxy groups -OCH3 is 1. The summed E-state index contributed by atoms with van der Waals surface area (Å²) < 4.78 is 4.51. The van der Waals surface area contributed by atoms with Crippen molar-refractivity contribution >= 4 is 23.6 Å². The van der Waals surface area contributed by atoms with Gasteiger partial charge in [0.1, 0.15) is 0 Å². The van der Waals surface area contributed by atoms with Crippen molar-refractivity contribution in [2.75, 3.05) is 19.4 Å². The maximum atomic E-state index is 11.7. The number of amides is 1. The van der Waals surface area contributed by atoms with Crippen molar-refractivity contribution in [2.24, 2.45) is 0 Å². The molecule has 8 heteroatoms. The van der Waals surface area contributed by atoms with Gasteiger partial charge in [0.05, 0.1) is 12.9 Å². The molecule has 22 heavy (non-hydrogen) atoms. The van der Waals surface area contributed by atoms with Gasteiger partial charge in [-0.2, -0.15) is 0 Å². The maximum Gasteiger partial charge on any atom is 0.305 e. The van der Waals surface area contributed by atoms with Crippen LogP contribution in [-0.2, 0) is 20.7 Å². The zero-order chi connectivity index (χ0) is 16.4. The SMILES string of the molecule is CCCc1cc(=O)[nH]c(SCC(=O)NCCCC(=O)OC)n1. The van der Waals surface area contributed by atoms with Crippen LogP contribution in [0.5, 0.6) is 0 Å². The second-order valence-electron chi connectivity index (χ2n) is 4.61. The first-order valence-electron chi connectivity index (χ1n) is 7.11. The van der Waals surface area contributed by atoms with Crippen LogP contribution in [0.2, 0.25) is 0 Å². The van der Waals surface area contributed by atoms with Gasteiger partial charge in [0.15, 0.2) is 5.16 Å². The number of aromatic nitrogens is 2. The Balaban J connectivity index is 2.34. The van der Waals surface area contributed by atoms with E-state index in [0.29, 0.717) is 18.1 Å². The van der Waals surface area contributed by atoms with Gasteiger partial charge in [0.2, 0.25) is 5.91 Å². The highest BCUT2D eigenvalue weighted by Gasteiger charge is 2.06. The fourth-order valence-electron chi connectivity index (χ4n) is 1.68. The molecule has 1 aromatic heterocycles. The Bertz CT molecular complexity index is 559. The first-order valence-corrected chi connectivity index (χ1v) is 8.10. The van der Waals surface area contributed by atoms with Crippen LogP contribution in [0.1, 0.15) is 31.9 Å². The number of carbonyl (C=O) groups is 2. The number of nitrogens with one attached hydrogen (secondary N) is 2. The summed E-state index contributed by atoms with van der Waals surface area (Å²) in [5, 5.41) is 3.14. The zero-order valence-corrected chi connectivity index (χ0v) is 13.6. The number of hydrogen-bond acceptors (Lipinski definition) is 6. The number of H-pyrrole nitrogens is 1. The summed E-state index contributed by atoms with van der Waals surface area (Å²) in [5.74, 6) is -0.298. The van der Waals surface area contributed by atoms with Gasteiger partial charge >= 0.3 is 5.97 Å². The summed E-state index contributed by atoms with van der Waals surface area (Å²) in [5.41, 5.74) is 0.520. The zero-order valence-electron chi connectivity index (χ0n) is 12.8. The third kappa shape index (κ3) is 7.26. The Morgan fingerprint density at radius 3 is 2.91 bits per heavy atom. The monoisotopic (exact) mass is 327 g/mol. The minimum atomic E-state index is -0.293. The van der Waals surface area contributed by atoms with Crippen LogP contribution < -0.4 is 10.9 Å². The van der Waals surface area contributed by atoms with Gasteiger partial charge in [-0.25, -0.2) is 4.98 Å². The number of ether oxygens (including phenoxy) is 1. The van der Waals surface area contributed by atoms with E-state index in [4.69, 9.17) is 0 Å². The molecular formula is C14H21N3O4S. The lowest BCUT2D eigenvalue weighted by Gasteiger charge is -2.05. The molecular weight excluding hydrogens is 306 g/mol. The minimum Gasteiger partial charge on any atom is -0.469 e. The van der Waals surface area contributed by atoms with Gasteiger partial charge in [0.25, 0.3) is 5.56 Å². The molecule has 0 aromatic carbocycles. The van der Waals surface area contributed by atoms with Gasteiger partial charge < -0.3 is 15.0 Å². The largest absolute Gasteiger partial charge is 0.469 e. The van der Waals surface area contributed by atoms with Crippen molar-refractivity contribution in [2.45, 2.75) is 37.8 Å². The third-order valence-electron chi connectivity index (χ3n) is 2.73. The summed E-state index contributed by atoms with van der Waals surface area (Å²) >= 11 is 1.18. The van der Waals surface area contributed by atoms with E-state index in [9.17, 15) is 14.4 Å². The maximum absolute atomic E-state index is 11.7. The third-order valence-corrected chi connectivity index (χ3v) is 3.60. The second kappa shape index (κ2) is 9.99. The Hall–Kier alpha value is -1.83. The lowest BCUT2D eigenvalue weighted by Crippen LogP contribution is -2.26. The molecule has 0 fully saturated rings. The van der Waals surface area contributed by atoms with E-state index in [-0.39, 0.29) is 29.6 Å². The van der Waals surface area contributed by atoms with Crippen molar-refractivity contribution in [3.8, 4) is 0 Å². The van der Waals surface area contributed by atoms with Gasteiger partial charge in [-0.1, -0.05) is 25.1 Å².